The highest BCUT2D eigenvalue weighted by atomic mass is 35.5. The first kappa shape index (κ1) is 15.5. The first-order chi connectivity index (χ1) is 11.1. The zero-order valence-corrected chi connectivity index (χ0v) is 13.8. The molecule has 0 bridgehead atoms. The number of amides is 1. The Bertz CT molecular complexity index is 890. The highest BCUT2D eigenvalue weighted by Crippen LogP contribution is 2.25. The summed E-state index contributed by atoms with van der Waals surface area (Å²) in [7, 11) is 0. The van der Waals surface area contributed by atoms with Gasteiger partial charge in [0.2, 0.25) is 0 Å². The van der Waals surface area contributed by atoms with Gasteiger partial charge in [0.25, 0.3) is 5.91 Å². The number of hydrogen-bond donors (Lipinski definition) is 1. The fraction of sp³-hybridized carbons (Fsp3) is 0.158. The predicted octanol–water partition coefficient (Wildman–Crippen LogP) is 5.01. The Labute approximate surface area is 140 Å². The van der Waals surface area contributed by atoms with Crippen molar-refractivity contribution in [2.24, 2.45) is 0 Å². The van der Waals surface area contributed by atoms with E-state index in [1.165, 1.54) is 0 Å². The van der Waals surface area contributed by atoms with Gasteiger partial charge >= 0.3 is 0 Å². The molecule has 2 aromatic carbocycles. The third kappa shape index (κ3) is 3.06. The number of nitrogens with zero attached hydrogens (tertiary/aromatic N) is 1. The zero-order chi connectivity index (χ0) is 16.4. The molecule has 0 fully saturated rings. The van der Waals surface area contributed by atoms with Crippen LogP contribution in [0.25, 0.3) is 10.8 Å². The van der Waals surface area contributed by atoms with E-state index in [2.05, 4.69) is 17.2 Å². The molecule has 0 radical (unpaired) electrons. The molecule has 0 saturated heterocycles. The second kappa shape index (κ2) is 6.39. The average molecular weight is 325 g/mol. The van der Waals surface area contributed by atoms with Crippen molar-refractivity contribution in [1.29, 1.82) is 0 Å². The van der Waals surface area contributed by atoms with Gasteiger partial charge in [-0.25, -0.2) is 4.98 Å². The Balaban J connectivity index is 1.99. The molecule has 1 N–H and O–H groups in total. The first-order valence-corrected chi connectivity index (χ1v) is 7.93. The number of halogens is 1. The lowest BCUT2D eigenvalue weighted by molar-refractivity contribution is 0.102. The van der Waals surface area contributed by atoms with Crippen molar-refractivity contribution in [3.05, 3.63) is 70.5 Å². The van der Waals surface area contributed by atoms with Gasteiger partial charge in [0.15, 0.2) is 0 Å². The molecular weight excluding hydrogens is 308 g/mol. The first-order valence-electron chi connectivity index (χ1n) is 7.55. The number of nitrogens with one attached hydrogen (secondary N) is 1. The van der Waals surface area contributed by atoms with Gasteiger partial charge in [0.05, 0.1) is 0 Å². The number of anilines is 1. The number of hydrogen-bond acceptors (Lipinski definition) is 2. The van der Waals surface area contributed by atoms with Crippen LogP contribution in [-0.4, -0.2) is 10.9 Å². The standard InChI is InChI=1S/C19H17ClN2O/c1-3-13-9-6-7-12(2)17(13)22-19(23)16-11-14-8-4-5-10-15(14)18(20)21-16/h4-11H,3H2,1-2H3,(H,22,23). The number of carbonyl (C=O) groups is 1. The van der Waals surface area contributed by atoms with Crippen molar-refractivity contribution in [1.82, 2.24) is 4.98 Å². The van der Waals surface area contributed by atoms with Gasteiger partial charge in [0, 0.05) is 11.1 Å². The molecule has 0 saturated carbocycles. The van der Waals surface area contributed by atoms with Crippen LogP contribution >= 0.6 is 11.6 Å². The minimum atomic E-state index is -0.248. The molecule has 4 heteroatoms. The summed E-state index contributed by atoms with van der Waals surface area (Å²) in [4.78, 5) is 16.8. The Morgan fingerprint density at radius 3 is 2.74 bits per heavy atom. The van der Waals surface area contributed by atoms with E-state index in [0.29, 0.717) is 10.8 Å². The summed E-state index contributed by atoms with van der Waals surface area (Å²) >= 11 is 6.21. The van der Waals surface area contributed by atoms with E-state index >= 15 is 0 Å². The van der Waals surface area contributed by atoms with Gasteiger partial charge < -0.3 is 5.32 Å². The maximum Gasteiger partial charge on any atom is 0.274 e. The number of rotatable bonds is 3. The van der Waals surface area contributed by atoms with Crippen LogP contribution in [-0.2, 0) is 6.42 Å². The molecule has 1 amide bonds. The van der Waals surface area contributed by atoms with Crippen LogP contribution < -0.4 is 5.32 Å². The number of aromatic nitrogens is 1. The zero-order valence-electron chi connectivity index (χ0n) is 13.1. The van der Waals surface area contributed by atoms with E-state index < -0.39 is 0 Å². The molecule has 0 unspecified atom stereocenters. The Kier molecular flexibility index (Phi) is 4.30. The molecule has 116 valence electrons. The second-order valence-corrected chi connectivity index (χ2v) is 5.79. The lowest BCUT2D eigenvalue weighted by atomic mass is 10.1. The summed E-state index contributed by atoms with van der Waals surface area (Å²) in [5, 5.41) is 5.06. The Morgan fingerprint density at radius 2 is 1.96 bits per heavy atom. The molecule has 3 aromatic rings. The van der Waals surface area contributed by atoms with Crippen molar-refractivity contribution in [3.8, 4) is 0 Å². The molecule has 0 spiro atoms. The van der Waals surface area contributed by atoms with Crippen LogP contribution in [0, 0.1) is 6.92 Å². The molecule has 3 rings (SSSR count). The van der Waals surface area contributed by atoms with Crippen molar-refractivity contribution in [3.63, 3.8) is 0 Å². The molecule has 0 aliphatic heterocycles. The van der Waals surface area contributed by atoms with Crippen molar-refractivity contribution in [2.75, 3.05) is 5.32 Å². The third-order valence-corrected chi connectivity index (χ3v) is 4.19. The number of aryl methyl sites for hydroxylation is 2. The van der Waals surface area contributed by atoms with Crippen LogP contribution in [0.15, 0.2) is 48.5 Å². The number of fused-ring (bicyclic) bond motifs is 1. The van der Waals surface area contributed by atoms with Gasteiger partial charge in [-0.1, -0.05) is 61.0 Å². The highest BCUT2D eigenvalue weighted by Gasteiger charge is 2.14. The van der Waals surface area contributed by atoms with Gasteiger partial charge in [-0.05, 0) is 35.9 Å². The normalized spacial score (nSPS) is 10.7. The minimum Gasteiger partial charge on any atom is -0.320 e. The SMILES string of the molecule is CCc1cccc(C)c1NC(=O)c1cc2ccccc2c(Cl)n1. The average Bonchev–Trinajstić information content (AvgIpc) is 2.56. The van der Waals surface area contributed by atoms with E-state index in [0.717, 1.165) is 34.0 Å². The van der Waals surface area contributed by atoms with E-state index in [1.807, 2.05) is 49.4 Å². The maximum absolute atomic E-state index is 12.6. The van der Waals surface area contributed by atoms with Crippen LogP contribution in [0.2, 0.25) is 5.15 Å². The largest absolute Gasteiger partial charge is 0.320 e. The van der Waals surface area contributed by atoms with E-state index in [9.17, 15) is 4.79 Å². The molecule has 3 nitrogen and oxygen atoms in total. The van der Waals surface area contributed by atoms with E-state index in [-0.39, 0.29) is 5.91 Å². The number of benzene rings is 2. The molecule has 1 heterocycles. The number of para-hydroxylation sites is 1. The summed E-state index contributed by atoms with van der Waals surface area (Å²) < 4.78 is 0. The third-order valence-electron chi connectivity index (χ3n) is 3.91. The Hall–Kier alpha value is -2.39. The van der Waals surface area contributed by atoms with Gasteiger partial charge in [-0.2, -0.15) is 0 Å². The predicted molar refractivity (Wildman–Crippen MR) is 95.3 cm³/mol. The minimum absolute atomic E-state index is 0.248. The summed E-state index contributed by atoms with van der Waals surface area (Å²) in [5.41, 5.74) is 3.31. The van der Waals surface area contributed by atoms with Crippen LogP contribution in [0.5, 0.6) is 0 Å². The summed E-state index contributed by atoms with van der Waals surface area (Å²) in [6.45, 7) is 4.05. The van der Waals surface area contributed by atoms with Crippen LogP contribution in [0.3, 0.4) is 0 Å². The van der Waals surface area contributed by atoms with E-state index in [1.54, 1.807) is 6.07 Å². The lowest BCUT2D eigenvalue weighted by Gasteiger charge is -2.13. The molecule has 23 heavy (non-hydrogen) atoms. The van der Waals surface area contributed by atoms with Crippen LogP contribution in [0.1, 0.15) is 28.5 Å². The van der Waals surface area contributed by atoms with Crippen LogP contribution in [0.4, 0.5) is 5.69 Å². The monoisotopic (exact) mass is 324 g/mol. The molecule has 0 aliphatic rings. The fourth-order valence-electron chi connectivity index (χ4n) is 2.65. The Morgan fingerprint density at radius 1 is 1.17 bits per heavy atom. The fourth-order valence-corrected chi connectivity index (χ4v) is 2.92. The smallest absolute Gasteiger partial charge is 0.274 e. The summed E-state index contributed by atoms with van der Waals surface area (Å²) in [6, 6.07) is 15.4. The molecule has 0 aliphatic carbocycles. The summed E-state index contributed by atoms with van der Waals surface area (Å²) in [5.74, 6) is -0.248. The molecule has 1 aromatic heterocycles. The van der Waals surface area contributed by atoms with Gasteiger partial charge in [-0.3, -0.25) is 4.79 Å². The lowest BCUT2D eigenvalue weighted by Crippen LogP contribution is -2.16. The maximum atomic E-state index is 12.6. The topological polar surface area (TPSA) is 42.0 Å². The van der Waals surface area contributed by atoms with Crippen molar-refractivity contribution >= 4 is 34.0 Å². The van der Waals surface area contributed by atoms with E-state index in [4.69, 9.17) is 11.6 Å². The molecule has 0 atom stereocenters. The second-order valence-electron chi connectivity index (χ2n) is 5.44. The number of carbonyl (C=O) groups excluding carboxylic acids is 1. The number of pyridine rings is 1. The highest BCUT2D eigenvalue weighted by molar-refractivity contribution is 6.34. The van der Waals surface area contributed by atoms with Crippen molar-refractivity contribution in [2.45, 2.75) is 20.3 Å². The van der Waals surface area contributed by atoms with Gasteiger partial charge in [0.1, 0.15) is 10.8 Å². The van der Waals surface area contributed by atoms with Crippen molar-refractivity contribution < 1.29 is 4.79 Å². The quantitative estimate of drug-likeness (QED) is 0.688. The molecular formula is C19H17ClN2O. The summed E-state index contributed by atoms with van der Waals surface area (Å²) in [6.07, 6.45) is 0.850. The van der Waals surface area contributed by atoms with Gasteiger partial charge in [-0.15, -0.1) is 0 Å².